The number of rotatable bonds is 4. The van der Waals surface area contributed by atoms with Crippen molar-refractivity contribution in [2.45, 2.75) is 20.3 Å². The second-order valence-electron chi connectivity index (χ2n) is 4.27. The summed E-state index contributed by atoms with van der Waals surface area (Å²) in [5, 5.41) is 0.933. The lowest BCUT2D eigenvalue weighted by Crippen LogP contribution is -2.11. The van der Waals surface area contributed by atoms with Gasteiger partial charge in [-0.05, 0) is 25.0 Å². The first-order chi connectivity index (χ1) is 9.15. The monoisotopic (exact) mass is 261 g/mol. The van der Waals surface area contributed by atoms with Gasteiger partial charge >= 0.3 is 0 Å². The van der Waals surface area contributed by atoms with Crippen LogP contribution in [0.4, 0.5) is 5.69 Å². The lowest BCUT2D eigenvalue weighted by atomic mass is 10.0. The maximum Gasteiger partial charge on any atom is 0.162 e. The predicted octanol–water partition coefficient (Wildman–Crippen LogP) is 2.41. The average Bonchev–Trinajstić information content (AvgIpc) is 2.44. The van der Waals surface area contributed by atoms with Crippen molar-refractivity contribution in [1.82, 2.24) is 4.98 Å². The zero-order chi connectivity index (χ0) is 14.0. The van der Waals surface area contributed by atoms with Crippen molar-refractivity contribution in [3.63, 3.8) is 0 Å². The lowest BCUT2D eigenvalue weighted by molar-refractivity contribution is 0.356. The molecule has 0 saturated heterocycles. The summed E-state index contributed by atoms with van der Waals surface area (Å²) in [6.45, 7) is 4.06. The Morgan fingerprint density at radius 3 is 2.37 bits per heavy atom. The van der Waals surface area contributed by atoms with Crippen LogP contribution in [0.5, 0.6) is 11.5 Å². The fourth-order valence-electron chi connectivity index (χ4n) is 2.35. The Kier molecular flexibility index (Phi) is 3.76. The molecule has 102 valence electrons. The number of hydrogen-bond donors (Lipinski definition) is 2. The van der Waals surface area contributed by atoms with Crippen LogP contribution in [0, 0.1) is 6.92 Å². The summed E-state index contributed by atoms with van der Waals surface area (Å²) in [6.07, 6.45) is 0.864. The molecule has 0 radical (unpaired) electrons. The van der Waals surface area contributed by atoms with Crippen LogP contribution < -0.4 is 20.7 Å². The van der Waals surface area contributed by atoms with Crippen LogP contribution in [-0.2, 0) is 6.42 Å². The van der Waals surface area contributed by atoms with E-state index in [2.05, 4.69) is 17.3 Å². The first-order valence-electron chi connectivity index (χ1n) is 6.18. The second kappa shape index (κ2) is 5.32. The minimum atomic E-state index is 0.661. The van der Waals surface area contributed by atoms with Crippen LogP contribution >= 0.6 is 0 Å². The molecule has 0 spiro atoms. The highest BCUT2D eigenvalue weighted by Gasteiger charge is 2.14. The molecule has 0 aliphatic carbocycles. The first-order valence-corrected chi connectivity index (χ1v) is 6.18. The van der Waals surface area contributed by atoms with Crippen LogP contribution in [-0.4, -0.2) is 19.2 Å². The highest BCUT2D eigenvalue weighted by atomic mass is 16.5. The van der Waals surface area contributed by atoms with Crippen molar-refractivity contribution in [3.05, 3.63) is 23.4 Å². The van der Waals surface area contributed by atoms with Gasteiger partial charge in [0.2, 0.25) is 0 Å². The van der Waals surface area contributed by atoms with Crippen molar-refractivity contribution in [3.8, 4) is 11.5 Å². The molecule has 2 aromatic rings. The van der Waals surface area contributed by atoms with E-state index in [1.165, 1.54) is 0 Å². The van der Waals surface area contributed by atoms with Gasteiger partial charge in [-0.15, -0.1) is 0 Å². The number of hydrazine groups is 1. The number of aromatic nitrogens is 1. The fourth-order valence-corrected chi connectivity index (χ4v) is 2.35. The van der Waals surface area contributed by atoms with Gasteiger partial charge in [-0.25, -0.2) is 0 Å². The maximum atomic E-state index is 5.67. The third-order valence-electron chi connectivity index (χ3n) is 3.30. The number of nitrogens with two attached hydrogens (primary N) is 1. The molecule has 0 bridgehead atoms. The zero-order valence-corrected chi connectivity index (χ0v) is 11.7. The normalized spacial score (nSPS) is 10.6. The number of benzene rings is 1. The summed E-state index contributed by atoms with van der Waals surface area (Å²) < 4.78 is 10.6. The van der Waals surface area contributed by atoms with Gasteiger partial charge in [0.1, 0.15) is 0 Å². The summed E-state index contributed by atoms with van der Waals surface area (Å²) in [5.74, 6) is 7.00. The Bertz CT molecular complexity index is 611. The number of hydrogen-bond acceptors (Lipinski definition) is 5. The molecule has 1 aromatic heterocycles. The highest BCUT2D eigenvalue weighted by molar-refractivity contribution is 5.95. The SMILES string of the molecule is CCc1c(C)nc2cc(OC)c(OC)cc2c1NN. The van der Waals surface area contributed by atoms with E-state index in [0.717, 1.165) is 34.3 Å². The third-order valence-corrected chi connectivity index (χ3v) is 3.30. The summed E-state index contributed by atoms with van der Waals surface area (Å²) in [7, 11) is 3.22. The Labute approximate surface area is 112 Å². The molecule has 0 fully saturated rings. The van der Waals surface area contributed by atoms with Gasteiger partial charge in [0.15, 0.2) is 11.5 Å². The Morgan fingerprint density at radius 1 is 1.21 bits per heavy atom. The van der Waals surface area contributed by atoms with Crippen LogP contribution in [0.1, 0.15) is 18.2 Å². The molecular formula is C14H19N3O2. The number of nitrogens with one attached hydrogen (secondary N) is 1. The summed E-state index contributed by atoms with van der Waals surface area (Å²) in [4.78, 5) is 4.61. The van der Waals surface area contributed by atoms with E-state index in [0.29, 0.717) is 11.5 Å². The summed E-state index contributed by atoms with van der Waals surface area (Å²) in [5.41, 5.74) is 6.59. The minimum absolute atomic E-state index is 0.661. The molecule has 0 aliphatic rings. The Hall–Kier alpha value is -2.01. The van der Waals surface area contributed by atoms with E-state index >= 15 is 0 Å². The van der Waals surface area contributed by atoms with Gasteiger partial charge in [0.05, 0.1) is 25.4 Å². The number of nitrogens with zero attached hydrogens (tertiary/aromatic N) is 1. The number of methoxy groups -OCH3 is 2. The van der Waals surface area contributed by atoms with Crippen molar-refractivity contribution >= 4 is 16.6 Å². The van der Waals surface area contributed by atoms with Crippen molar-refractivity contribution in [2.24, 2.45) is 5.84 Å². The van der Waals surface area contributed by atoms with Gasteiger partial charge < -0.3 is 14.9 Å². The van der Waals surface area contributed by atoms with E-state index in [-0.39, 0.29) is 0 Å². The molecule has 0 atom stereocenters. The van der Waals surface area contributed by atoms with E-state index in [1.807, 2.05) is 19.1 Å². The fraction of sp³-hybridized carbons (Fsp3) is 0.357. The highest BCUT2D eigenvalue weighted by Crippen LogP contribution is 2.36. The van der Waals surface area contributed by atoms with Crippen molar-refractivity contribution in [2.75, 3.05) is 19.6 Å². The molecule has 3 N–H and O–H groups in total. The molecule has 0 saturated carbocycles. The number of pyridine rings is 1. The van der Waals surface area contributed by atoms with Gasteiger partial charge in [-0.3, -0.25) is 10.8 Å². The zero-order valence-electron chi connectivity index (χ0n) is 11.7. The Morgan fingerprint density at radius 2 is 1.84 bits per heavy atom. The van der Waals surface area contributed by atoms with Gasteiger partial charge in [-0.1, -0.05) is 6.92 Å². The summed E-state index contributed by atoms with van der Waals surface area (Å²) in [6, 6.07) is 3.76. The van der Waals surface area contributed by atoms with Gasteiger partial charge in [0.25, 0.3) is 0 Å². The van der Waals surface area contributed by atoms with Crippen LogP contribution in [0.3, 0.4) is 0 Å². The molecule has 5 heteroatoms. The van der Waals surface area contributed by atoms with Crippen LogP contribution in [0.15, 0.2) is 12.1 Å². The van der Waals surface area contributed by atoms with E-state index in [9.17, 15) is 0 Å². The molecule has 0 aliphatic heterocycles. The van der Waals surface area contributed by atoms with E-state index in [1.54, 1.807) is 14.2 Å². The molecule has 5 nitrogen and oxygen atoms in total. The molecule has 1 heterocycles. The molecular weight excluding hydrogens is 242 g/mol. The maximum absolute atomic E-state index is 5.67. The number of aryl methyl sites for hydroxylation is 1. The molecule has 19 heavy (non-hydrogen) atoms. The molecule has 1 aromatic carbocycles. The van der Waals surface area contributed by atoms with Crippen molar-refractivity contribution in [1.29, 1.82) is 0 Å². The van der Waals surface area contributed by atoms with Crippen LogP contribution in [0.2, 0.25) is 0 Å². The topological polar surface area (TPSA) is 69.4 Å². The second-order valence-corrected chi connectivity index (χ2v) is 4.27. The number of nitrogen functional groups attached to an aromatic ring is 1. The largest absolute Gasteiger partial charge is 0.493 e. The predicted molar refractivity (Wildman–Crippen MR) is 76.8 cm³/mol. The Balaban J connectivity index is 2.83. The molecule has 0 amide bonds. The number of ether oxygens (including phenoxy) is 2. The smallest absolute Gasteiger partial charge is 0.162 e. The van der Waals surface area contributed by atoms with Crippen LogP contribution in [0.25, 0.3) is 10.9 Å². The number of fused-ring (bicyclic) bond motifs is 1. The van der Waals surface area contributed by atoms with E-state index < -0.39 is 0 Å². The summed E-state index contributed by atoms with van der Waals surface area (Å²) >= 11 is 0. The quantitative estimate of drug-likeness (QED) is 0.653. The minimum Gasteiger partial charge on any atom is -0.493 e. The number of anilines is 1. The average molecular weight is 261 g/mol. The molecule has 0 unspecified atom stereocenters. The van der Waals surface area contributed by atoms with Gasteiger partial charge in [-0.2, -0.15) is 0 Å². The standard InChI is InChI=1S/C14H19N3O2/c1-5-9-8(2)16-11-7-13(19-4)12(18-3)6-10(11)14(9)17-15/h6-7H,5,15H2,1-4H3,(H,16,17). The lowest BCUT2D eigenvalue weighted by Gasteiger charge is -2.15. The third kappa shape index (κ3) is 2.17. The van der Waals surface area contributed by atoms with E-state index in [4.69, 9.17) is 15.3 Å². The van der Waals surface area contributed by atoms with Crippen molar-refractivity contribution < 1.29 is 9.47 Å². The van der Waals surface area contributed by atoms with Gasteiger partial charge in [0, 0.05) is 17.1 Å². The first kappa shape index (κ1) is 13.4. The molecule has 2 rings (SSSR count).